The van der Waals surface area contributed by atoms with Gasteiger partial charge in [-0.3, -0.25) is 4.99 Å². The van der Waals surface area contributed by atoms with Crippen molar-refractivity contribution >= 4 is 13.3 Å². The highest BCUT2D eigenvalue weighted by Crippen LogP contribution is 2.39. The average molecular weight is 207 g/mol. The topological polar surface area (TPSA) is 30.8 Å². The van der Waals surface area contributed by atoms with Gasteiger partial charge in [-0.05, 0) is 46.0 Å². The fourth-order valence-corrected chi connectivity index (χ4v) is 1.69. The Morgan fingerprint density at radius 1 is 1.20 bits per heavy atom. The van der Waals surface area contributed by atoms with E-state index in [0.717, 1.165) is 18.3 Å². The molecule has 0 N–H and O–H groups in total. The molecule has 1 fully saturated rings. The van der Waals surface area contributed by atoms with Crippen molar-refractivity contribution in [1.29, 1.82) is 0 Å². The first-order chi connectivity index (χ1) is 6.92. The summed E-state index contributed by atoms with van der Waals surface area (Å²) in [5, 5.41) is 0. The maximum Gasteiger partial charge on any atom is 0.492 e. The van der Waals surface area contributed by atoms with Crippen molar-refractivity contribution in [3.05, 3.63) is 11.7 Å². The van der Waals surface area contributed by atoms with Crippen molar-refractivity contribution in [3.8, 4) is 0 Å². The second-order valence-electron chi connectivity index (χ2n) is 5.16. The van der Waals surface area contributed by atoms with Crippen LogP contribution in [0.5, 0.6) is 0 Å². The zero-order chi connectivity index (χ0) is 11.1. The lowest BCUT2D eigenvalue weighted by atomic mass is 9.76. The molecule has 0 spiro atoms. The Morgan fingerprint density at radius 2 is 1.80 bits per heavy atom. The van der Waals surface area contributed by atoms with Crippen LogP contribution in [0.3, 0.4) is 0 Å². The Labute approximate surface area is 91.7 Å². The van der Waals surface area contributed by atoms with Gasteiger partial charge in [0.2, 0.25) is 0 Å². The van der Waals surface area contributed by atoms with E-state index in [-0.39, 0.29) is 18.3 Å². The maximum absolute atomic E-state index is 5.94. The first-order valence-electron chi connectivity index (χ1n) is 5.49. The lowest BCUT2D eigenvalue weighted by Crippen LogP contribution is -2.41. The van der Waals surface area contributed by atoms with Crippen LogP contribution in [-0.2, 0) is 9.31 Å². The second kappa shape index (κ2) is 3.46. The summed E-state index contributed by atoms with van der Waals surface area (Å²) < 4.78 is 11.9. The third-order valence-electron chi connectivity index (χ3n) is 3.46. The molecule has 0 radical (unpaired) electrons. The van der Waals surface area contributed by atoms with E-state index < -0.39 is 0 Å². The van der Waals surface area contributed by atoms with Gasteiger partial charge in [0.1, 0.15) is 0 Å². The SMILES string of the molecule is CC1(C)OB(C2=CN=CCC2)OC1(C)C. The normalized spacial score (nSPS) is 28.0. The standard InChI is InChI=1S/C11H18BNO2/c1-10(2)11(3,4)15-12(14-10)9-6-5-7-13-8-9/h7-8H,5-6H2,1-4H3. The fourth-order valence-electron chi connectivity index (χ4n) is 1.69. The first kappa shape index (κ1) is 10.9. The van der Waals surface area contributed by atoms with Crippen LogP contribution in [0.2, 0.25) is 0 Å². The molecule has 1 saturated heterocycles. The minimum Gasteiger partial charge on any atom is -0.400 e. The van der Waals surface area contributed by atoms with Crippen molar-refractivity contribution in [3.63, 3.8) is 0 Å². The Balaban J connectivity index is 2.15. The summed E-state index contributed by atoms with van der Waals surface area (Å²) in [6, 6.07) is 0. The van der Waals surface area contributed by atoms with E-state index in [1.165, 1.54) is 0 Å². The molecule has 4 heteroatoms. The summed E-state index contributed by atoms with van der Waals surface area (Å²) >= 11 is 0. The van der Waals surface area contributed by atoms with E-state index >= 15 is 0 Å². The van der Waals surface area contributed by atoms with Gasteiger partial charge in [-0.25, -0.2) is 0 Å². The van der Waals surface area contributed by atoms with Crippen LogP contribution in [0.25, 0.3) is 0 Å². The van der Waals surface area contributed by atoms with Gasteiger partial charge >= 0.3 is 7.12 Å². The largest absolute Gasteiger partial charge is 0.492 e. The molecule has 0 atom stereocenters. The monoisotopic (exact) mass is 207 g/mol. The highest BCUT2D eigenvalue weighted by molar-refractivity contribution is 6.54. The molecular formula is C11H18BNO2. The van der Waals surface area contributed by atoms with E-state index in [2.05, 4.69) is 32.7 Å². The lowest BCUT2D eigenvalue weighted by molar-refractivity contribution is 0.00578. The molecule has 2 aliphatic heterocycles. The van der Waals surface area contributed by atoms with Crippen LogP contribution in [0.1, 0.15) is 40.5 Å². The van der Waals surface area contributed by atoms with Crippen molar-refractivity contribution in [1.82, 2.24) is 0 Å². The molecule has 0 bridgehead atoms. The van der Waals surface area contributed by atoms with Gasteiger partial charge in [-0.15, -0.1) is 0 Å². The molecule has 0 aromatic rings. The smallest absolute Gasteiger partial charge is 0.400 e. The van der Waals surface area contributed by atoms with Gasteiger partial charge in [0, 0.05) is 12.4 Å². The molecule has 0 unspecified atom stereocenters. The van der Waals surface area contributed by atoms with E-state index in [9.17, 15) is 0 Å². The average Bonchev–Trinajstić information content (AvgIpc) is 2.38. The summed E-state index contributed by atoms with van der Waals surface area (Å²) in [7, 11) is -0.215. The number of rotatable bonds is 1. The highest BCUT2D eigenvalue weighted by Gasteiger charge is 2.52. The third kappa shape index (κ3) is 1.88. The minimum absolute atomic E-state index is 0.215. The van der Waals surface area contributed by atoms with E-state index in [1.807, 2.05) is 12.4 Å². The molecular weight excluding hydrogens is 189 g/mol. The number of hydrogen-bond acceptors (Lipinski definition) is 3. The summed E-state index contributed by atoms with van der Waals surface area (Å²) in [6.45, 7) is 8.28. The molecule has 0 aromatic carbocycles. The molecule has 15 heavy (non-hydrogen) atoms. The summed E-state index contributed by atoms with van der Waals surface area (Å²) in [6.07, 6.45) is 5.76. The number of hydrogen-bond donors (Lipinski definition) is 0. The summed E-state index contributed by atoms with van der Waals surface area (Å²) in [4.78, 5) is 4.15. The molecule has 0 aromatic heterocycles. The van der Waals surface area contributed by atoms with Crippen molar-refractivity contribution in [2.45, 2.75) is 51.7 Å². The van der Waals surface area contributed by atoms with Crippen LogP contribution >= 0.6 is 0 Å². The molecule has 2 aliphatic rings. The van der Waals surface area contributed by atoms with Crippen molar-refractivity contribution in [2.75, 3.05) is 0 Å². The van der Waals surface area contributed by atoms with Gasteiger partial charge in [-0.2, -0.15) is 0 Å². The Kier molecular flexibility index (Phi) is 2.51. The van der Waals surface area contributed by atoms with Crippen LogP contribution in [0.15, 0.2) is 16.7 Å². The van der Waals surface area contributed by atoms with Crippen LogP contribution in [0, 0.1) is 0 Å². The van der Waals surface area contributed by atoms with Crippen molar-refractivity contribution in [2.24, 2.45) is 4.99 Å². The molecule has 82 valence electrons. The molecule has 2 rings (SSSR count). The maximum atomic E-state index is 5.94. The predicted octanol–water partition coefficient (Wildman–Crippen LogP) is 2.37. The number of allylic oxidation sites excluding steroid dienone is 1. The zero-order valence-corrected chi connectivity index (χ0v) is 9.91. The quantitative estimate of drug-likeness (QED) is 0.618. The van der Waals surface area contributed by atoms with Gasteiger partial charge < -0.3 is 9.31 Å². The van der Waals surface area contributed by atoms with Crippen LogP contribution in [-0.4, -0.2) is 24.5 Å². The predicted molar refractivity (Wildman–Crippen MR) is 61.9 cm³/mol. The Bertz CT molecular complexity index is 305. The molecule has 3 nitrogen and oxygen atoms in total. The zero-order valence-electron chi connectivity index (χ0n) is 9.91. The van der Waals surface area contributed by atoms with E-state index in [4.69, 9.17) is 9.31 Å². The Hall–Kier alpha value is -0.605. The van der Waals surface area contributed by atoms with Crippen LogP contribution in [0.4, 0.5) is 0 Å². The second-order valence-corrected chi connectivity index (χ2v) is 5.16. The highest BCUT2D eigenvalue weighted by atomic mass is 16.7. The summed E-state index contributed by atoms with van der Waals surface area (Å²) in [5.74, 6) is 0. The van der Waals surface area contributed by atoms with Gasteiger partial charge in [0.15, 0.2) is 0 Å². The molecule has 2 heterocycles. The van der Waals surface area contributed by atoms with E-state index in [0.29, 0.717) is 0 Å². The molecule has 0 saturated carbocycles. The van der Waals surface area contributed by atoms with Gasteiger partial charge in [0.25, 0.3) is 0 Å². The van der Waals surface area contributed by atoms with Crippen LogP contribution < -0.4 is 0 Å². The first-order valence-corrected chi connectivity index (χ1v) is 5.49. The third-order valence-corrected chi connectivity index (χ3v) is 3.46. The van der Waals surface area contributed by atoms with Gasteiger partial charge in [0.05, 0.1) is 11.2 Å². The molecule has 0 aliphatic carbocycles. The minimum atomic E-state index is -0.250. The Morgan fingerprint density at radius 3 is 2.27 bits per heavy atom. The van der Waals surface area contributed by atoms with Gasteiger partial charge in [-0.1, -0.05) is 0 Å². The molecule has 0 amide bonds. The summed E-state index contributed by atoms with van der Waals surface area (Å²) in [5.41, 5.74) is 0.649. The van der Waals surface area contributed by atoms with E-state index in [1.54, 1.807) is 0 Å². The fraction of sp³-hybridized carbons (Fsp3) is 0.727. The van der Waals surface area contributed by atoms with Crippen molar-refractivity contribution < 1.29 is 9.31 Å². The number of aliphatic imine (C=N–C) groups is 1. The lowest BCUT2D eigenvalue weighted by Gasteiger charge is -2.32. The number of nitrogens with zero attached hydrogens (tertiary/aromatic N) is 1.